The van der Waals surface area contributed by atoms with Gasteiger partial charge in [0, 0.05) is 21.3 Å². The van der Waals surface area contributed by atoms with E-state index in [4.69, 9.17) is 16.1 Å². The maximum absolute atomic E-state index is 9.16. The number of hydrogen-bond acceptors (Lipinski definition) is 4. The molecule has 1 aromatic heterocycles. The molecular formula is C10H8N2OS. The summed E-state index contributed by atoms with van der Waals surface area (Å²) in [5.41, 5.74) is 7.05. The highest BCUT2D eigenvalue weighted by Crippen LogP contribution is 2.34. The van der Waals surface area contributed by atoms with Crippen LogP contribution in [0.3, 0.4) is 0 Å². The Morgan fingerprint density at radius 2 is 2.29 bits per heavy atom. The van der Waals surface area contributed by atoms with E-state index in [1.807, 2.05) is 12.1 Å². The molecule has 2 rings (SSSR count). The molecule has 0 unspecified atom stereocenters. The number of aliphatic hydroxyl groups excluding tert-OH is 1. The SMILES string of the molecule is N#Cc1sc2cccc(N)c2c1CO. The summed E-state index contributed by atoms with van der Waals surface area (Å²) in [4.78, 5) is 0.542. The van der Waals surface area contributed by atoms with Gasteiger partial charge in [-0.2, -0.15) is 5.26 Å². The Morgan fingerprint density at radius 3 is 2.93 bits per heavy atom. The van der Waals surface area contributed by atoms with Gasteiger partial charge in [-0.15, -0.1) is 11.3 Å². The number of hydrogen-bond donors (Lipinski definition) is 2. The Labute approximate surface area is 85.0 Å². The number of nitrogens with zero attached hydrogens (tertiary/aromatic N) is 1. The van der Waals surface area contributed by atoms with Crippen LogP contribution < -0.4 is 5.73 Å². The average molecular weight is 204 g/mol. The molecule has 3 N–H and O–H groups in total. The largest absolute Gasteiger partial charge is 0.398 e. The number of aliphatic hydroxyl groups is 1. The fourth-order valence-electron chi connectivity index (χ4n) is 1.48. The Kier molecular flexibility index (Phi) is 2.12. The Morgan fingerprint density at radius 1 is 1.50 bits per heavy atom. The molecule has 0 atom stereocenters. The Hall–Kier alpha value is -1.57. The van der Waals surface area contributed by atoms with Gasteiger partial charge in [-0.3, -0.25) is 0 Å². The minimum absolute atomic E-state index is 0.142. The van der Waals surface area contributed by atoms with Crippen molar-refractivity contribution in [3.05, 3.63) is 28.6 Å². The van der Waals surface area contributed by atoms with Crippen molar-refractivity contribution in [1.29, 1.82) is 5.26 Å². The summed E-state index contributed by atoms with van der Waals surface area (Å²) in [7, 11) is 0. The molecule has 1 heterocycles. The fourth-order valence-corrected chi connectivity index (χ4v) is 2.53. The summed E-state index contributed by atoms with van der Waals surface area (Å²) in [6.07, 6.45) is 0. The van der Waals surface area contributed by atoms with E-state index in [0.29, 0.717) is 16.1 Å². The van der Waals surface area contributed by atoms with Crippen LogP contribution in [0.2, 0.25) is 0 Å². The summed E-state index contributed by atoms with van der Waals surface area (Å²) in [5.74, 6) is 0. The standard InChI is InChI=1S/C10H8N2OS/c11-4-9-6(5-13)10-7(12)2-1-3-8(10)14-9/h1-3,13H,5,12H2. The lowest BCUT2D eigenvalue weighted by Gasteiger charge is -1.98. The third kappa shape index (κ3) is 1.15. The van der Waals surface area contributed by atoms with Gasteiger partial charge in [0.05, 0.1) is 6.61 Å². The zero-order valence-corrected chi connectivity index (χ0v) is 8.14. The minimum atomic E-state index is -0.142. The molecule has 14 heavy (non-hydrogen) atoms. The maximum atomic E-state index is 9.16. The molecule has 0 radical (unpaired) electrons. The quantitative estimate of drug-likeness (QED) is 0.696. The van der Waals surface area contributed by atoms with E-state index in [0.717, 1.165) is 10.1 Å². The van der Waals surface area contributed by atoms with Crippen molar-refractivity contribution in [3.8, 4) is 6.07 Å². The first-order chi connectivity index (χ1) is 6.77. The summed E-state index contributed by atoms with van der Waals surface area (Å²) in [5, 5.41) is 18.8. The van der Waals surface area contributed by atoms with Gasteiger partial charge in [-0.25, -0.2) is 0 Å². The van der Waals surface area contributed by atoms with Crippen molar-refractivity contribution in [3.63, 3.8) is 0 Å². The normalized spacial score (nSPS) is 10.3. The molecule has 70 valence electrons. The maximum Gasteiger partial charge on any atom is 0.111 e. The Balaban J connectivity index is 2.90. The summed E-state index contributed by atoms with van der Waals surface area (Å²) < 4.78 is 0.950. The van der Waals surface area contributed by atoms with E-state index in [1.54, 1.807) is 6.07 Å². The van der Waals surface area contributed by atoms with Crippen LogP contribution in [0.15, 0.2) is 18.2 Å². The zero-order valence-electron chi connectivity index (χ0n) is 7.32. The van der Waals surface area contributed by atoms with Crippen molar-refractivity contribution in [1.82, 2.24) is 0 Å². The Bertz CT molecular complexity index is 525. The van der Waals surface area contributed by atoms with Gasteiger partial charge in [-0.1, -0.05) is 6.07 Å². The molecule has 0 aliphatic rings. The predicted molar refractivity (Wildman–Crippen MR) is 56.9 cm³/mol. The summed E-state index contributed by atoms with van der Waals surface area (Å²) in [6, 6.07) is 7.58. The van der Waals surface area contributed by atoms with Gasteiger partial charge in [0.1, 0.15) is 10.9 Å². The lowest BCUT2D eigenvalue weighted by atomic mass is 10.1. The van der Waals surface area contributed by atoms with Gasteiger partial charge < -0.3 is 10.8 Å². The second-order valence-electron chi connectivity index (χ2n) is 2.90. The van der Waals surface area contributed by atoms with Crippen molar-refractivity contribution >= 4 is 27.1 Å². The molecule has 2 aromatic rings. The fraction of sp³-hybridized carbons (Fsp3) is 0.100. The molecule has 3 nitrogen and oxygen atoms in total. The second kappa shape index (κ2) is 3.29. The predicted octanol–water partition coefficient (Wildman–Crippen LogP) is 1.85. The molecule has 4 heteroatoms. The van der Waals surface area contributed by atoms with Crippen LogP contribution in [0.25, 0.3) is 10.1 Å². The van der Waals surface area contributed by atoms with Crippen molar-refractivity contribution in [2.45, 2.75) is 6.61 Å². The number of benzene rings is 1. The van der Waals surface area contributed by atoms with Gasteiger partial charge in [0.15, 0.2) is 0 Å². The van der Waals surface area contributed by atoms with E-state index >= 15 is 0 Å². The van der Waals surface area contributed by atoms with Crippen molar-refractivity contribution in [2.24, 2.45) is 0 Å². The third-order valence-corrected chi connectivity index (χ3v) is 3.21. The van der Waals surface area contributed by atoms with E-state index in [1.165, 1.54) is 11.3 Å². The number of nitrogens with two attached hydrogens (primary N) is 1. The molecule has 0 amide bonds. The van der Waals surface area contributed by atoms with Crippen LogP contribution in [0.4, 0.5) is 5.69 Å². The highest BCUT2D eigenvalue weighted by atomic mass is 32.1. The van der Waals surface area contributed by atoms with E-state index in [-0.39, 0.29) is 6.61 Å². The number of nitrogen functional groups attached to an aromatic ring is 1. The molecular weight excluding hydrogens is 196 g/mol. The lowest BCUT2D eigenvalue weighted by Crippen LogP contribution is -1.89. The molecule has 0 saturated heterocycles. The first-order valence-electron chi connectivity index (χ1n) is 4.08. The van der Waals surface area contributed by atoms with Crippen LogP contribution in [-0.2, 0) is 6.61 Å². The molecule has 0 saturated carbocycles. The second-order valence-corrected chi connectivity index (χ2v) is 3.95. The molecule has 0 spiro atoms. The topological polar surface area (TPSA) is 70.0 Å². The average Bonchev–Trinajstić information content (AvgIpc) is 2.56. The first-order valence-corrected chi connectivity index (χ1v) is 4.90. The van der Waals surface area contributed by atoms with E-state index < -0.39 is 0 Å². The first kappa shape index (κ1) is 9.00. The van der Waals surface area contributed by atoms with Crippen molar-refractivity contribution < 1.29 is 5.11 Å². The van der Waals surface area contributed by atoms with E-state index in [9.17, 15) is 0 Å². The van der Waals surface area contributed by atoms with Crippen LogP contribution in [-0.4, -0.2) is 5.11 Å². The molecule has 0 aliphatic heterocycles. The molecule has 0 bridgehead atoms. The van der Waals surface area contributed by atoms with Crippen LogP contribution in [0.1, 0.15) is 10.4 Å². The summed E-state index contributed by atoms with van der Waals surface area (Å²) >= 11 is 1.36. The molecule has 1 aromatic carbocycles. The van der Waals surface area contributed by atoms with Crippen LogP contribution >= 0.6 is 11.3 Å². The minimum Gasteiger partial charge on any atom is -0.398 e. The monoisotopic (exact) mass is 204 g/mol. The molecule has 0 fully saturated rings. The number of rotatable bonds is 1. The lowest BCUT2D eigenvalue weighted by molar-refractivity contribution is 0.283. The van der Waals surface area contributed by atoms with Gasteiger partial charge >= 0.3 is 0 Å². The van der Waals surface area contributed by atoms with E-state index in [2.05, 4.69) is 6.07 Å². The highest BCUT2D eigenvalue weighted by molar-refractivity contribution is 7.19. The zero-order chi connectivity index (χ0) is 10.1. The van der Waals surface area contributed by atoms with Gasteiger partial charge in [0.25, 0.3) is 0 Å². The number of fused-ring (bicyclic) bond motifs is 1. The van der Waals surface area contributed by atoms with Gasteiger partial charge in [0.2, 0.25) is 0 Å². The highest BCUT2D eigenvalue weighted by Gasteiger charge is 2.12. The van der Waals surface area contributed by atoms with Gasteiger partial charge in [-0.05, 0) is 12.1 Å². The number of nitriles is 1. The van der Waals surface area contributed by atoms with Crippen LogP contribution in [0.5, 0.6) is 0 Å². The van der Waals surface area contributed by atoms with Crippen LogP contribution in [0, 0.1) is 11.3 Å². The number of anilines is 1. The third-order valence-electron chi connectivity index (χ3n) is 2.11. The van der Waals surface area contributed by atoms with Crippen molar-refractivity contribution in [2.75, 3.05) is 5.73 Å². The number of thiophene rings is 1. The smallest absolute Gasteiger partial charge is 0.111 e. The summed E-state index contributed by atoms with van der Waals surface area (Å²) in [6.45, 7) is -0.142. The molecule has 0 aliphatic carbocycles.